The third-order valence-electron chi connectivity index (χ3n) is 8.28. The molecule has 1 aromatic heterocycles. The zero-order valence-electron chi connectivity index (χ0n) is 27.8. The monoisotopic (exact) mass is 661 g/mol. The normalized spacial score (nSPS) is 13.8. The molecule has 0 fully saturated rings. The first-order valence-electron chi connectivity index (χ1n) is 16.6. The van der Waals surface area contributed by atoms with Gasteiger partial charge >= 0.3 is 11.9 Å². The number of unbranched alkanes of at least 4 members (excludes halogenated alkanes) is 6. The van der Waals surface area contributed by atoms with Crippen molar-refractivity contribution in [2.75, 3.05) is 7.11 Å². The number of halogens is 1. The molecule has 3 rings (SSSR count). The van der Waals surface area contributed by atoms with E-state index in [9.17, 15) is 19.5 Å². The summed E-state index contributed by atoms with van der Waals surface area (Å²) >= 11 is 6.05. The number of carbonyl (C=O) groups excluding carboxylic acids is 2. The van der Waals surface area contributed by atoms with Gasteiger partial charge in [0.2, 0.25) is 0 Å². The van der Waals surface area contributed by atoms with Crippen LogP contribution < -0.4 is 4.74 Å². The van der Waals surface area contributed by atoms with Crippen molar-refractivity contribution >= 4 is 40.2 Å². The minimum atomic E-state index is -1.85. The molecule has 1 heterocycles. The van der Waals surface area contributed by atoms with E-state index in [0.29, 0.717) is 33.7 Å². The fraction of sp³-hybridized carbons (Fsp3) is 0.410. The predicted octanol–water partition coefficient (Wildman–Crippen LogP) is 9.95. The maximum Gasteiger partial charge on any atom is 0.345 e. The van der Waals surface area contributed by atoms with Crippen LogP contribution in [0.2, 0.25) is 5.02 Å². The first-order chi connectivity index (χ1) is 22.7. The highest BCUT2D eigenvalue weighted by Crippen LogP contribution is 2.37. The molecule has 2 aromatic carbocycles. The number of hydrogen-bond acceptors (Lipinski definition) is 5. The van der Waals surface area contributed by atoms with Crippen LogP contribution in [-0.2, 0) is 19.7 Å². The van der Waals surface area contributed by atoms with Crippen LogP contribution in [0.15, 0.2) is 85.1 Å². The number of rotatable bonds is 21. The van der Waals surface area contributed by atoms with Gasteiger partial charge in [0, 0.05) is 33.2 Å². The van der Waals surface area contributed by atoms with E-state index in [1.54, 1.807) is 48.7 Å². The number of aliphatic carboxylic acids is 1. The summed E-state index contributed by atoms with van der Waals surface area (Å²) in [4.78, 5) is 43.3. The van der Waals surface area contributed by atoms with E-state index < -0.39 is 29.2 Å². The zero-order chi connectivity index (χ0) is 34.1. The Hall–Kier alpha value is -4.10. The summed E-state index contributed by atoms with van der Waals surface area (Å²) in [6.45, 7) is 3.69. The van der Waals surface area contributed by atoms with Crippen molar-refractivity contribution in [3.63, 3.8) is 0 Å². The highest BCUT2D eigenvalue weighted by molar-refractivity contribution is 6.30. The van der Waals surface area contributed by atoms with Gasteiger partial charge in [-0.1, -0.05) is 74.2 Å². The average Bonchev–Trinajstić information content (AvgIpc) is 3.50. The molecule has 0 saturated heterocycles. The lowest BCUT2D eigenvalue weighted by molar-refractivity contribution is -0.167. The van der Waals surface area contributed by atoms with Crippen molar-refractivity contribution in [3.8, 4) is 5.75 Å². The maximum atomic E-state index is 14.0. The molecule has 0 spiro atoms. The van der Waals surface area contributed by atoms with Crippen LogP contribution in [0, 0.1) is 0 Å². The van der Waals surface area contributed by atoms with Crippen LogP contribution in [0.3, 0.4) is 0 Å². The van der Waals surface area contributed by atoms with E-state index in [1.807, 2.05) is 0 Å². The fourth-order valence-corrected chi connectivity index (χ4v) is 5.52. The van der Waals surface area contributed by atoms with E-state index in [2.05, 4.69) is 48.4 Å². The Kier molecular flexibility index (Phi) is 15.5. The number of nitrogens with one attached hydrogen (secondary N) is 1. The van der Waals surface area contributed by atoms with Gasteiger partial charge in [0.05, 0.1) is 7.11 Å². The molecule has 0 saturated carbocycles. The first kappa shape index (κ1) is 37.4. The number of ketones is 1. The number of H-pyrrole nitrogens is 1. The summed E-state index contributed by atoms with van der Waals surface area (Å²) in [5.74, 6) is -2.17. The Morgan fingerprint density at radius 1 is 0.894 bits per heavy atom. The number of benzene rings is 2. The molecule has 0 aliphatic rings. The summed E-state index contributed by atoms with van der Waals surface area (Å²) < 4.78 is 11.0. The lowest BCUT2D eigenvalue weighted by Crippen LogP contribution is -2.45. The number of aromatic nitrogens is 1. The van der Waals surface area contributed by atoms with Crippen LogP contribution >= 0.6 is 11.6 Å². The second kappa shape index (κ2) is 19.5. The van der Waals surface area contributed by atoms with Crippen LogP contribution in [0.5, 0.6) is 5.75 Å². The molecular formula is C39H48ClNO6. The summed E-state index contributed by atoms with van der Waals surface area (Å²) in [5, 5.41) is 11.0. The standard InChI is InChI=1S/C39H48ClNO6/c1-4-5-6-7-8-9-10-11-12-13-14-15-16-17-18-19-20-35(37(43)44)47-38(45)39(2,36(42)29-21-23-30(40)24-22-29)33-28-41-34-26-25-31(46-3)27-32(33)34/h8-9,11-12,14-15,21-28,35,41H,4-7,10,13,16-20H2,1-3H3,(H,43,44)/b9-8-,12-11-,15-14-. The number of aromatic amines is 1. The minimum Gasteiger partial charge on any atom is -0.497 e. The number of allylic oxidation sites excluding steroid dienone is 6. The van der Waals surface area contributed by atoms with Crippen molar-refractivity contribution in [1.82, 2.24) is 4.98 Å². The Morgan fingerprint density at radius 2 is 1.53 bits per heavy atom. The molecule has 2 atom stereocenters. The van der Waals surface area contributed by atoms with Crippen LogP contribution in [-0.4, -0.2) is 41.0 Å². The van der Waals surface area contributed by atoms with Gasteiger partial charge in [-0.3, -0.25) is 9.59 Å². The van der Waals surface area contributed by atoms with Crippen molar-refractivity contribution in [2.45, 2.75) is 96.0 Å². The summed E-state index contributed by atoms with van der Waals surface area (Å²) in [6, 6.07) is 11.5. The second-order valence-corrected chi connectivity index (χ2v) is 12.3. The largest absolute Gasteiger partial charge is 0.497 e. The molecule has 3 aromatic rings. The lowest BCUT2D eigenvalue weighted by Gasteiger charge is -2.28. The van der Waals surface area contributed by atoms with Crippen molar-refractivity contribution in [3.05, 3.63) is 101 Å². The van der Waals surface area contributed by atoms with Gasteiger partial charge in [0.15, 0.2) is 17.3 Å². The number of fused-ring (bicyclic) bond motifs is 1. The average molecular weight is 662 g/mol. The third-order valence-corrected chi connectivity index (χ3v) is 8.53. The summed E-state index contributed by atoms with van der Waals surface area (Å²) in [6.07, 6.45) is 23.4. The van der Waals surface area contributed by atoms with Gasteiger partial charge < -0.3 is 19.6 Å². The van der Waals surface area contributed by atoms with E-state index in [-0.39, 0.29) is 12.0 Å². The summed E-state index contributed by atoms with van der Waals surface area (Å²) in [5.41, 5.74) is -0.554. The van der Waals surface area contributed by atoms with Crippen LogP contribution in [0.25, 0.3) is 10.9 Å². The van der Waals surface area contributed by atoms with Crippen molar-refractivity contribution in [1.29, 1.82) is 0 Å². The Bertz CT molecular complexity index is 1540. The number of hydrogen-bond donors (Lipinski definition) is 2. The number of carboxylic acids is 1. The number of esters is 1. The van der Waals surface area contributed by atoms with Gasteiger partial charge in [-0.25, -0.2) is 4.79 Å². The second-order valence-electron chi connectivity index (χ2n) is 11.8. The van der Waals surface area contributed by atoms with E-state index in [1.165, 1.54) is 33.3 Å². The van der Waals surface area contributed by atoms with Gasteiger partial charge in [0.1, 0.15) is 5.75 Å². The molecule has 252 valence electrons. The quantitative estimate of drug-likeness (QED) is 0.0387. The smallest absolute Gasteiger partial charge is 0.345 e. The predicted molar refractivity (Wildman–Crippen MR) is 189 cm³/mol. The number of carboxylic acid groups (broad SMARTS) is 1. The number of ether oxygens (including phenoxy) is 2. The van der Waals surface area contributed by atoms with Crippen molar-refractivity contribution in [2.24, 2.45) is 0 Å². The number of methoxy groups -OCH3 is 1. The first-order valence-corrected chi connectivity index (χ1v) is 16.9. The van der Waals surface area contributed by atoms with Crippen molar-refractivity contribution < 1.29 is 29.0 Å². The van der Waals surface area contributed by atoms with E-state index in [4.69, 9.17) is 21.1 Å². The molecular weight excluding hydrogens is 614 g/mol. The highest BCUT2D eigenvalue weighted by Gasteiger charge is 2.47. The lowest BCUT2D eigenvalue weighted by atomic mass is 9.76. The van der Waals surface area contributed by atoms with Gasteiger partial charge in [0.25, 0.3) is 0 Å². The Balaban J connectivity index is 1.60. The Labute approximate surface area is 283 Å². The molecule has 0 bridgehead atoms. The van der Waals surface area contributed by atoms with Gasteiger partial charge in [-0.2, -0.15) is 0 Å². The topological polar surface area (TPSA) is 106 Å². The van der Waals surface area contributed by atoms with Gasteiger partial charge in [-0.15, -0.1) is 0 Å². The molecule has 7 nitrogen and oxygen atoms in total. The Morgan fingerprint density at radius 3 is 2.15 bits per heavy atom. The van der Waals surface area contributed by atoms with Crippen LogP contribution in [0.4, 0.5) is 0 Å². The molecule has 0 radical (unpaired) electrons. The molecule has 0 aliphatic heterocycles. The zero-order valence-corrected chi connectivity index (χ0v) is 28.6. The van der Waals surface area contributed by atoms with E-state index in [0.717, 1.165) is 38.5 Å². The van der Waals surface area contributed by atoms with Crippen LogP contribution in [0.1, 0.15) is 100 Å². The highest BCUT2D eigenvalue weighted by atomic mass is 35.5. The third kappa shape index (κ3) is 11.0. The molecule has 0 aliphatic carbocycles. The number of Topliss-reactive ketones (excluding diaryl/α,β-unsaturated/α-hetero) is 1. The molecule has 8 heteroatoms. The maximum absolute atomic E-state index is 14.0. The minimum absolute atomic E-state index is 0.145. The molecule has 47 heavy (non-hydrogen) atoms. The SMILES string of the molecule is CCCCC/C=C\C/C=C\C/C=C\CCCCCC(OC(=O)C(C)(C(=O)c1ccc(Cl)cc1)c1c[nH]c2ccc(OC)cc12)C(=O)O. The molecule has 2 N–H and O–H groups in total. The molecule has 2 unspecified atom stereocenters. The van der Waals surface area contributed by atoms with E-state index >= 15 is 0 Å². The summed E-state index contributed by atoms with van der Waals surface area (Å²) in [7, 11) is 1.53. The number of carbonyl (C=O) groups is 3. The molecule has 0 amide bonds. The fourth-order valence-electron chi connectivity index (χ4n) is 5.39. The van der Waals surface area contributed by atoms with Gasteiger partial charge in [-0.05, 0) is 101 Å².